The number of carbonyl (C=O) groups excluding carboxylic acids is 1. The van der Waals surface area contributed by atoms with E-state index < -0.39 is 0 Å². The Hall–Kier alpha value is -1.90. The van der Waals surface area contributed by atoms with Crippen molar-refractivity contribution < 1.29 is 4.79 Å². The zero-order valence-corrected chi connectivity index (χ0v) is 11.3. The van der Waals surface area contributed by atoms with Crippen LogP contribution in [-0.4, -0.2) is 29.9 Å². The molecule has 94 valence electrons. The van der Waals surface area contributed by atoms with Gasteiger partial charge in [0.05, 0.1) is 11.1 Å². The SMILES string of the molecule is CCc1ccc2nc(C)cc(C(=O)N(C)C)c2c1. The second kappa shape index (κ2) is 4.77. The molecule has 18 heavy (non-hydrogen) atoms. The van der Waals surface area contributed by atoms with Crippen molar-refractivity contribution in [2.24, 2.45) is 0 Å². The van der Waals surface area contributed by atoms with Crippen LogP contribution in [0.3, 0.4) is 0 Å². The number of amides is 1. The topological polar surface area (TPSA) is 33.2 Å². The fourth-order valence-electron chi connectivity index (χ4n) is 2.04. The number of aromatic nitrogens is 1. The fourth-order valence-corrected chi connectivity index (χ4v) is 2.04. The van der Waals surface area contributed by atoms with E-state index in [1.165, 1.54) is 5.56 Å². The number of nitrogens with zero attached hydrogens (tertiary/aromatic N) is 2. The molecule has 0 unspecified atom stereocenters. The zero-order chi connectivity index (χ0) is 13.3. The third-order valence-corrected chi connectivity index (χ3v) is 3.05. The molecule has 0 spiro atoms. The summed E-state index contributed by atoms with van der Waals surface area (Å²) in [6, 6.07) is 7.99. The van der Waals surface area contributed by atoms with Crippen molar-refractivity contribution in [3.63, 3.8) is 0 Å². The zero-order valence-electron chi connectivity index (χ0n) is 11.3. The molecule has 3 heteroatoms. The molecule has 0 aliphatic rings. The van der Waals surface area contributed by atoms with Crippen molar-refractivity contribution in [3.8, 4) is 0 Å². The normalized spacial score (nSPS) is 10.7. The molecule has 1 aromatic heterocycles. The van der Waals surface area contributed by atoms with E-state index in [9.17, 15) is 4.79 Å². The summed E-state index contributed by atoms with van der Waals surface area (Å²) in [5, 5.41) is 0.943. The highest BCUT2D eigenvalue weighted by atomic mass is 16.2. The lowest BCUT2D eigenvalue weighted by Gasteiger charge is -2.13. The first-order valence-corrected chi connectivity index (χ1v) is 6.15. The molecule has 1 amide bonds. The van der Waals surface area contributed by atoms with Gasteiger partial charge < -0.3 is 4.90 Å². The van der Waals surface area contributed by atoms with Crippen LogP contribution in [0, 0.1) is 6.92 Å². The first-order chi connectivity index (χ1) is 8.52. The van der Waals surface area contributed by atoms with Crippen LogP contribution in [0.4, 0.5) is 0 Å². The van der Waals surface area contributed by atoms with Gasteiger partial charge >= 0.3 is 0 Å². The number of fused-ring (bicyclic) bond motifs is 1. The van der Waals surface area contributed by atoms with E-state index in [1.807, 2.05) is 19.1 Å². The summed E-state index contributed by atoms with van der Waals surface area (Å²) in [6.07, 6.45) is 0.958. The minimum absolute atomic E-state index is 0.0266. The molecular weight excluding hydrogens is 224 g/mol. The molecule has 2 rings (SSSR count). The monoisotopic (exact) mass is 242 g/mol. The molecule has 0 fully saturated rings. The van der Waals surface area contributed by atoms with Gasteiger partial charge in [0.25, 0.3) is 5.91 Å². The summed E-state index contributed by atoms with van der Waals surface area (Å²) in [5.74, 6) is 0.0266. The minimum atomic E-state index is 0.0266. The molecule has 1 heterocycles. The van der Waals surface area contributed by atoms with Gasteiger partial charge in [0.2, 0.25) is 0 Å². The van der Waals surface area contributed by atoms with Crippen LogP contribution >= 0.6 is 0 Å². The molecule has 1 aromatic carbocycles. The second-order valence-electron chi connectivity index (χ2n) is 4.72. The molecule has 0 N–H and O–H groups in total. The maximum Gasteiger partial charge on any atom is 0.254 e. The predicted molar refractivity (Wildman–Crippen MR) is 73.9 cm³/mol. The molecular formula is C15H18N2O. The molecule has 0 aliphatic carbocycles. The van der Waals surface area contributed by atoms with E-state index in [-0.39, 0.29) is 5.91 Å². The largest absolute Gasteiger partial charge is 0.345 e. The van der Waals surface area contributed by atoms with Gasteiger partial charge in [-0.15, -0.1) is 0 Å². The van der Waals surface area contributed by atoms with E-state index in [0.717, 1.165) is 28.6 Å². The number of pyridine rings is 1. The molecule has 2 aromatic rings. The molecule has 3 nitrogen and oxygen atoms in total. The lowest BCUT2D eigenvalue weighted by atomic mass is 10.0. The van der Waals surface area contributed by atoms with Gasteiger partial charge in [0, 0.05) is 25.2 Å². The summed E-state index contributed by atoms with van der Waals surface area (Å²) in [6.45, 7) is 4.02. The Balaban J connectivity index is 2.73. The van der Waals surface area contributed by atoms with E-state index in [0.29, 0.717) is 0 Å². The first kappa shape index (κ1) is 12.6. The second-order valence-corrected chi connectivity index (χ2v) is 4.72. The van der Waals surface area contributed by atoms with Crippen molar-refractivity contribution in [2.75, 3.05) is 14.1 Å². The summed E-state index contributed by atoms with van der Waals surface area (Å²) in [4.78, 5) is 18.3. The summed E-state index contributed by atoms with van der Waals surface area (Å²) >= 11 is 0. The lowest BCUT2D eigenvalue weighted by Crippen LogP contribution is -2.22. The van der Waals surface area contributed by atoms with Crippen LogP contribution in [-0.2, 0) is 6.42 Å². The molecule has 0 saturated carbocycles. The predicted octanol–water partition coefficient (Wildman–Crippen LogP) is 2.81. The highest BCUT2D eigenvalue weighted by molar-refractivity contribution is 6.06. The Morgan fingerprint density at radius 3 is 2.61 bits per heavy atom. The van der Waals surface area contributed by atoms with Crippen LogP contribution in [0.2, 0.25) is 0 Å². The molecule has 0 atom stereocenters. The van der Waals surface area contributed by atoms with E-state index in [1.54, 1.807) is 19.0 Å². The Bertz CT molecular complexity index is 603. The number of benzene rings is 1. The number of carbonyl (C=O) groups is 1. The van der Waals surface area contributed by atoms with Gasteiger partial charge in [0.1, 0.15) is 0 Å². The summed E-state index contributed by atoms with van der Waals surface area (Å²) in [7, 11) is 3.54. The molecule has 0 aliphatic heterocycles. The van der Waals surface area contributed by atoms with Gasteiger partial charge in [-0.05, 0) is 37.1 Å². The standard InChI is InChI=1S/C15H18N2O/c1-5-11-6-7-14-12(9-11)13(8-10(2)16-14)15(18)17(3)4/h6-9H,5H2,1-4H3. The molecule has 0 bridgehead atoms. The minimum Gasteiger partial charge on any atom is -0.345 e. The van der Waals surface area contributed by atoms with E-state index in [4.69, 9.17) is 0 Å². The number of aryl methyl sites for hydroxylation is 2. The maximum atomic E-state index is 12.2. The van der Waals surface area contributed by atoms with Crippen molar-refractivity contribution in [1.82, 2.24) is 9.88 Å². The van der Waals surface area contributed by atoms with Crippen molar-refractivity contribution in [3.05, 3.63) is 41.1 Å². The highest BCUT2D eigenvalue weighted by Gasteiger charge is 2.13. The van der Waals surface area contributed by atoms with Crippen LogP contribution < -0.4 is 0 Å². The number of hydrogen-bond donors (Lipinski definition) is 0. The van der Waals surface area contributed by atoms with Crippen LogP contribution in [0.5, 0.6) is 0 Å². The first-order valence-electron chi connectivity index (χ1n) is 6.15. The summed E-state index contributed by atoms with van der Waals surface area (Å²) < 4.78 is 0. The third-order valence-electron chi connectivity index (χ3n) is 3.05. The van der Waals surface area contributed by atoms with Gasteiger partial charge in [-0.1, -0.05) is 13.0 Å². The van der Waals surface area contributed by atoms with E-state index >= 15 is 0 Å². The third kappa shape index (κ3) is 2.21. The van der Waals surface area contributed by atoms with Gasteiger partial charge in [-0.25, -0.2) is 0 Å². The van der Waals surface area contributed by atoms with Crippen molar-refractivity contribution >= 4 is 16.8 Å². The smallest absolute Gasteiger partial charge is 0.254 e. The van der Waals surface area contributed by atoms with Crippen LogP contribution in [0.15, 0.2) is 24.3 Å². The van der Waals surface area contributed by atoms with Crippen LogP contribution in [0.25, 0.3) is 10.9 Å². The molecule has 0 saturated heterocycles. The Morgan fingerprint density at radius 1 is 1.28 bits per heavy atom. The number of rotatable bonds is 2. The fraction of sp³-hybridized carbons (Fsp3) is 0.333. The molecule has 0 radical (unpaired) electrons. The number of hydrogen-bond acceptors (Lipinski definition) is 2. The van der Waals surface area contributed by atoms with Gasteiger partial charge in [-0.2, -0.15) is 0 Å². The van der Waals surface area contributed by atoms with Crippen molar-refractivity contribution in [1.29, 1.82) is 0 Å². The van der Waals surface area contributed by atoms with E-state index in [2.05, 4.69) is 24.0 Å². The summed E-state index contributed by atoms with van der Waals surface area (Å²) in [5.41, 5.74) is 3.72. The van der Waals surface area contributed by atoms with Gasteiger partial charge in [0.15, 0.2) is 0 Å². The van der Waals surface area contributed by atoms with Crippen LogP contribution in [0.1, 0.15) is 28.5 Å². The highest BCUT2D eigenvalue weighted by Crippen LogP contribution is 2.21. The van der Waals surface area contributed by atoms with Gasteiger partial charge in [-0.3, -0.25) is 9.78 Å². The quantitative estimate of drug-likeness (QED) is 0.811. The average molecular weight is 242 g/mol. The Labute approximate surface area is 107 Å². The van der Waals surface area contributed by atoms with Crippen molar-refractivity contribution in [2.45, 2.75) is 20.3 Å². The maximum absolute atomic E-state index is 12.2. The Morgan fingerprint density at radius 2 is 2.00 bits per heavy atom. The average Bonchev–Trinajstić information content (AvgIpc) is 2.36. The lowest BCUT2D eigenvalue weighted by molar-refractivity contribution is 0.0829. The Kier molecular flexibility index (Phi) is 3.32.